The predicted molar refractivity (Wildman–Crippen MR) is 128 cm³/mol. The summed E-state index contributed by atoms with van der Waals surface area (Å²) in [6.45, 7) is 9.57. The Balaban J connectivity index is 2.53. The zero-order valence-corrected chi connectivity index (χ0v) is 21.4. The van der Waals surface area contributed by atoms with E-state index in [1.54, 1.807) is 20.8 Å². The topological polar surface area (TPSA) is 171 Å². The first-order valence-electron chi connectivity index (χ1n) is 12.2. The van der Waals surface area contributed by atoms with Crippen molar-refractivity contribution < 1.29 is 38.9 Å². The fourth-order valence-corrected chi connectivity index (χ4v) is 3.96. The Labute approximate surface area is 206 Å². The van der Waals surface area contributed by atoms with E-state index < -0.39 is 35.7 Å². The molecule has 35 heavy (non-hydrogen) atoms. The van der Waals surface area contributed by atoms with Crippen LogP contribution in [0.5, 0.6) is 0 Å². The van der Waals surface area contributed by atoms with E-state index in [0.29, 0.717) is 38.6 Å². The molecular formula is C24H41N3O8. The van der Waals surface area contributed by atoms with Gasteiger partial charge in [0.2, 0.25) is 11.8 Å². The van der Waals surface area contributed by atoms with Crippen LogP contribution in [-0.2, 0) is 23.9 Å². The Morgan fingerprint density at radius 2 is 1.54 bits per heavy atom. The van der Waals surface area contributed by atoms with Crippen LogP contribution in [0.25, 0.3) is 0 Å². The fourth-order valence-electron chi connectivity index (χ4n) is 3.96. The highest BCUT2D eigenvalue weighted by atomic mass is 16.6. The van der Waals surface area contributed by atoms with Crippen molar-refractivity contribution in [3.8, 4) is 0 Å². The van der Waals surface area contributed by atoms with E-state index in [1.807, 2.05) is 13.8 Å². The zero-order chi connectivity index (χ0) is 26.8. The first kappa shape index (κ1) is 30.2. The quantitative estimate of drug-likeness (QED) is 0.272. The Morgan fingerprint density at radius 1 is 0.943 bits per heavy atom. The van der Waals surface area contributed by atoms with E-state index in [-0.39, 0.29) is 42.4 Å². The van der Waals surface area contributed by atoms with Gasteiger partial charge >= 0.3 is 18.0 Å². The molecule has 11 nitrogen and oxygen atoms in total. The first-order chi connectivity index (χ1) is 16.2. The highest BCUT2D eigenvalue weighted by Crippen LogP contribution is 2.28. The van der Waals surface area contributed by atoms with E-state index in [1.165, 1.54) is 0 Å². The minimum absolute atomic E-state index is 0.159. The minimum Gasteiger partial charge on any atom is -0.481 e. The van der Waals surface area contributed by atoms with E-state index in [9.17, 15) is 29.1 Å². The van der Waals surface area contributed by atoms with Gasteiger partial charge < -0.3 is 30.9 Å². The summed E-state index contributed by atoms with van der Waals surface area (Å²) in [5.74, 6) is -3.06. The van der Waals surface area contributed by atoms with Crippen LogP contribution < -0.4 is 16.0 Å². The second-order valence-corrected chi connectivity index (χ2v) is 10.6. The molecule has 200 valence electrons. The molecule has 1 rings (SSSR count). The third-order valence-electron chi connectivity index (χ3n) is 5.76. The van der Waals surface area contributed by atoms with Crippen molar-refractivity contribution in [2.24, 2.45) is 17.8 Å². The van der Waals surface area contributed by atoms with Gasteiger partial charge in [-0.25, -0.2) is 9.59 Å². The Hall–Kier alpha value is -2.85. The van der Waals surface area contributed by atoms with Gasteiger partial charge in [-0.05, 0) is 71.1 Å². The van der Waals surface area contributed by atoms with Crippen molar-refractivity contribution in [2.45, 2.75) is 97.2 Å². The van der Waals surface area contributed by atoms with Gasteiger partial charge in [0, 0.05) is 18.9 Å². The number of alkyl carbamates (subject to hydrolysis) is 1. The third kappa shape index (κ3) is 12.4. The number of amides is 3. The van der Waals surface area contributed by atoms with Gasteiger partial charge in [0.05, 0.1) is 0 Å². The molecule has 0 bridgehead atoms. The number of hydrogen-bond donors (Lipinski definition) is 5. The highest BCUT2D eigenvalue weighted by molar-refractivity contribution is 5.86. The molecular weight excluding hydrogens is 458 g/mol. The normalized spacial score (nSPS) is 19.8. The van der Waals surface area contributed by atoms with Crippen molar-refractivity contribution in [1.29, 1.82) is 0 Å². The van der Waals surface area contributed by atoms with E-state index in [2.05, 4.69) is 16.0 Å². The van der Waals surface area contributed by atoms with Crippen molar-refractivity contribution in [3.05, 3.63) is 0 Å². The van der Waals surface area contributed by atoms with Crippen LogP contribution in [0.1, 0.15) is 79.6 Å². The average Bonchev–Trinajstić information content (AvgIpc) is 2.72. The maximum atomic E-state index is 12.7. The third-order valence-corrected chi connectivity index (χ3v) is 5.76. The lowest BCUT2D eigenvalue weighted by Gasteiger charge is -2.29. The maximum Gasteiger partial charge on any atom is 0.408 e. The number of ether oxygens (including phenoxy) is 1. The molecule has 5 N–H and O–H groups in total. The van der Waals surface area contributed by atoms with Gasteiger partial charge in [0.15, 0.2) is 0 Å². The molecule has 1 fully saturated rings. The van der Waals surface area contributed by atoms with Crippen molar-refractivity contribution in [3.63, 3.8) is 0 Å². The summed E-state index contributed by atoms with van der Waals surface area (Å²) in [7, 11) is 0. The molecule has 11 heteroatoms. The van der Waals surface area contributed by atoms with Crippen LogP contribution in [0.15, 0.2) is 0 Å². The van der Waals surface area contributed by atoms with E-state index in [0.717, 1.165) is 0 Å². The predicted octanol–water partition coefficient (Wildman–Crippen LogP) is 2.28. The van der Waals surface area contributed by atoms with Crippen molar-refractivity contribution in [1.82, 2.24) is 16.0 Å². The molecule has 0 spiro atoms. The lowest BCUT2D eigenvalue weighted by Crippen LogP contribution is -2.49. The number of carboxylic acid groups (broad SMARTS) is 2. The van der Waals surface area contributed by atoms with Crippen LogP contribution in [0, 0.1) is 17.8 Å². The number of nitrogens with one attached hydrogen (secondary N) is 3. The molecule has 0 aromatic heterocycles. The Morgan fingerprint density at radius 3 is 2.03 bits per heavy atom. The number of carbonyl (C=O) groups is 5. The minimum atomic E-state index is -1.26. The molecule has 0 saturated heterocycles. The summed E-state index contributed by atoms with van der Waals surface area (Å²) in [5, 5.41) is 26.0. The van der Waals surface area contributed by atoms with Crippen LogP contribution >= 0.6 is 0 Å². The second kappa shape index (κ2) is 13.9. The van der Waals surface area contributed by atoms with Crippen molar-refractivity contribution in [2.75, 3.05) is 6.54 Å². The van der Waals surface area contributed by atoms with Gasteiger partial charge in [0.1, 0.15) is 17.7 Å². The van der Waals surface area contributed by atoms with E-state index >= 15 is 0 Å². The van der Waals surface area contributed by atoms with Gasteiger partial charge in [-0.2, -0.15) is 0 Å². The second-order valence-electron chi connectivity index (χ2n) is 10.6. The van der Waals surface area contributed by atoms with Crippen LogP contribution in [0.3, 0.4) is 0 Å². The fraction of sp³-hybridized carbons (Fsp3) is 0.792. The highest BCUT2D eigenvalue weighted by Gasteiger charge is 2.31. The molecule has 1 saturated carbocycles. The summed E-state index contributed by atoms with van der Waals surface area (Å²) in [6.07, 6.45) is 1.75. The molecule has 0 aromatic carbocycles. The number of rotatable bonds is 12. The standard InChI is InChI=1S/C24H41N3O8/c1-14(2)12-18(27-23(34)35-24(3,4)5)21(31)25-13-15-6-8-16(9-7-15)20(30)26-17(22(32)33)10-11-19(28)29/h14-18H,6-13H2,1-5H3,(H,25,31)(H,26,30)(H,27,34)(H,28,29)(H,32,33). The maximum absolute atomic E-state index is 12.7. The van der Waals surface area contributed by atoms with Gasteiger partial charge in [-0.1, -0.05) is 13.8 Å². The molecule has 1 aliphatic rings. The molecule has 0 radical (unpaired) electrons. The molecule has 1 aliphatic carbocycles. The largest absolute Gasteiger partial charge is 0.481 e. The SMILES string of the molecule is CC(C)CC(NC(=O)OC(C)(C)C)C(=O)NCC1CCC(C(=O)NC(CCC(=O)O)C(=O)O)CC1. The molecule has 2 atom stereocenters. The summed E-state index contributed by atoms with van der Waals surface area (Å²) in [6, 6.07) is -1.95. The van der Waals surface area contributed by atoms with Gasteiger partial charge in [-0.15, -0.1) is 0 Å². The zero-order valence-electron chi connectivity index (χ0n) is 21.4. The smallest absolute Gasteiger partial charge is 0.408 e. The van der Waals surface area contributed by atoms with Gasteiger partial charge in [-0.3, -0.25) is 14.4 Å². The summed E-state index contributed by atoms with van der Waals surface area (Å²) in [4.78, 5) is 59.4. The monoisotopic (exact) mass is 499 g/mol. The molecule has 0 aliphatic heterocycles. The number of carboxylic acids is 2. The van der Waals surface area contributed by atoms with Gasteiger partial charge in [0.25, 0.3) is 0 Å². The molecule has 3 amide bonds. The molecule has 0 heterocycles. The first-order valence-corrected chi connectivity index (χ1v) is 12.2. The Bertz CT molecular complexity index is 754. The molecule has 2 unspecified atom stereocenters. The summed E-state index contributed by atoms with van der Waals surface area (Å²) >= 11 is 0. The number of hydrogen-bond acceptors (Lipinski definition) is 6. The summed E-state index contributed by atoms with van der Waals surface area (Å²) in [5.41, 5.74) is -0.672. The lowest BCUT2D eigenvalue weighted by molar-refractivity contribution is -0.144. The summed E-state index contributed by atoms with van der Waals surface area (Å²) < 4.78 is 5.26. The van der Waals surface area contributed by atoms with E-state index in [4.69, 9.17) is 9.84 Å². The number of carbonyl (C=O) groups excluding carboxylic acids is 3. The Kier molecular flexibility index (Phi) is 12.0. The number of aliphatic carboxylic acids is 2. The van der Waals surface area contributed by atoms with Crippen molar-refractivity contribution >= 4 is 29.8 Å². The van der Waals surface area contributed by atoms with Crippen LogP contribution in [0.4, 0.5) is 4.79 Å². The lowest BCUT2D eigenvalue weighted by atomic mass is 9.81. The van der Waals surface area contributed by atoms with Crippen LogP contribution in [0.2, 0.25) is 0 Å². The molecule has 0 aromatic rings. The van der Waals surface area contributed by atoms with Crippen LogP contribution in [-0.4, -0.2) is 64.3 Å². The average molecular weight is 500 g/mol.